The molecule has 1 aliphatic rings. The molecule has 174 valence electrons. The quantitative estimate of drug-likeness (QED) is 0.424. The van der Waals surface area contributed by atoms with E-state index in [1.165, 1.54) is 24.1 Å². The Kier molecular flexibility index (Phi) is 6.18. The Bertz CT molecular complexity index is 1260. The highest BCUT2D eigenvalue weighted by Gasteiger charge is 2.35. The fourth-order valence-electron chi connectivity index (χ4n) is 3.91. The second-order valence-corrected chi connectivity index (χ2v) is 8.05. The second kappa shape index (κ2) is 9.22. The number of rotatable bonds is 6. The highest BCUT2D eigenvalue weighted by Crippen LogP contribution is 2.39. The molecule has 1 atom stereocenters. The van der Waals surface area contributed by atoms with Crippen molar-refractivity contribution in [2.24, 2.45) is 0 Å². The number of non-ortho nitro benzene ring substituents is 1. The van der Waals surface area contributed by atoms with E-state index in [-0.39, 0.29) is 34.4 Å². The Morgan fingerprint density at radius 1 is 1.12 bits per heavy atom. The summed E-state index contributed by atoms with van der Waals surface area (Å²) < 4.78 is 5.51. The highest BCUT2D eigenvalue weighted by molar-refractivity contribution is 6.09. The van der Waals surface area contributed by atoms with Gasteiger partial charge in [0.05, 0.1) is 23.3 Å². The van der Waals surface area contributed by atoms with Gasteiger partial charge in [-0.3, -0.25) is 19.7 Å². The molecule has 34 heavy (non-hydrogen) atoms. The van der Waals surface area contributed by atoms with E-state index in [0.29, 0.717) is 17.8 Å². The number of amides is 2. The molecule has 1 heterocycles. The van der Waals surface area contributed by atoms with E-state index in [1.807, 2.05) is 31.2 Å². The van der Waals surface area contributed by atoms with Crippen molar-refractivity contribution in [2.75, 3.05) is 19.5 Å². The summed E-state index contributed by atoms with van der Waals surface area (Å²) in [5, 5.41) is 17.1. The average Bonchev–Trinajstić information content (AvgIpc) is 2.85. The van der Waals surface area contributed by atoms with Gasteiger partial charge in [0.25, 0.3) is 17.5 Å². The molecule has 0 bridgehead atoms. The van der Waals surface area contributed by atoms with Crippen LogP contribution in [0.2, 0.25) is 0 Å². The summed E-state index contributed by atoms with van der Waals surface area (Å²) in [6.45, 7) is 2.34. The lowest BCUT2D eigenvalue weighted by molar-refractivity contribution is -0.384. The minimum absolute atomic E-state index is 0.0306. The lowest BCUT2D eigenvalue weighted by Gasteiger charge is -2.36. The first-order valence-electron chi connectivity index (χ1n) is 10.6. The fraction of sp³-hybridized carbons (Fsp3) is 0.200. The molecule has 0 aliphatic carbocycles. The first-order valence-corrected chi connectivity index (χ1v) is 10.6. The van der Waals surface area contributed by atoms with Crippen molar-refractivity contribution >= 4 is 23.2 Å². The lowest BCUT2D eigenvalue weighted by atomic mass is 9.99. The van der Waals surface area contributed by atoms with Crippen LogP contribution < -0.4 is 15.4 Å². The molecular formula is C25H24N4O5. The third-order valence-electron chi connectivity index (χ3n) is 5.81. The van der Waals surface area contributed by atoms with Crippen LogP contribution in [0.25, 0.3) is 0 Å². The molecule has 2 amide bonds. The Labute approximate surface area is 196 Å². The number of carbonyl (C=O) groups is 2. The zero-order valence-corrected chi connectivity index (χ0v) is 19.0. The number of fused-ring (bicyclic) bond motifs is 1. The molecule has 1 aliphatic heterocycles. The number of ether oxygens (including phenoxy) is 1. The van der Waals surface area contributed by atoms with Gasteiger partial charge in [-0.1, -0.05) is 29.8 Å². The van der Waals surface area contributed by atoms with E-state index in [2.05, 4.69) is 10.6 Å². The summed E-state index contributed by atoms with van der Waals surface area (Å²) in [5.41, 5.74) is 3.77. The molecule has 1 unspecified atom stereocenters. The molecular weight excluding hydrogens is 436 g/mol. The summed E-state index contributed by atoms with van der Waals surface area (Å²) in [7, 11) is 3.04. The van der Waals surface area contributed by atoms with E-state index in [0.717, 1.165) is 11.1 Å². The minimum Gasteiger partial charge on any atom is -0.495 e. The highest BCUT2D eigenvalue weighted by atomic mass is 16.6. The van der Waals surface area contributed by atoms with Gasteiger partial charge >= 0.3 is 0 Å². The second-order valence-electron chi connectivity index (χ2n) is 8.05. The van der Waals surface area contributed by atoms with E-state index >= 15 is 0 Å². The van der Waals surface area contributed by atoms with Gasteiger partial charge in [0.15, 0.2) is 0 Å². The van der Waals surface area contributed by atoms with Crippen LogP contribution in [0.1, 0.15) is 43.6 Å². The van der Waals surface area contributed by atoms with Crippen LogP contribution in [0.5, 0.6) is 5.75 Å². The number of nitro groups is 1. The van der Waals surface area contributed by atoms with Crippen LogP contribution in [0.4, 0.5) is 11.4 Å². The number of nitro benzene ring substituents is 1. The molecule has 0 fully saturated rings. The van der Waals surface area contributed by atoms with Crippen molar-refractivity contribution in [1.29, 1.82) is 0 Å². The predicted octanol–water partition coefficient (Wildman–Crippen LogP) is 4.04. The van der Waals surface area contributed by atoms with E-state index in [9.17, 15) is 19.7 Å². The molecule has 9 nitrogen and oxygen atoms in total. The van der Waals surface area contributed by atoms with Gasteiger partial charge in [-0.15, -0.1) is 0 Å². The van der Waals surface area contributed by atoms with E-state index in [4.69, 9.17) is 4.74 Å². The summed E-state index contributed by atoms with van der Waals surface area (Å²) in [4.78, 5) is 38.2. The molecule has 4 rings (SSSR count). The van der Waals surface area contributed by atoms with E-state index in [1.54, 1.807) is 31.3 Å². The summed E-state index contributed by atoms with van der Waals surface area (Å²) >= 11 is 0. The Morgan fingerprint density at radius 2 is 1.79 bits per heavy atom. The molecule has 3 aromatic carbocycles. The summed E-state index contributed by atoms with van der Waals surface area (Å²) in [6, 6.07) is 17.1. The molecule has 3 aromatic rings. The molecule has 2 N–H and O–H groups in total. The third-order valence-corrected chi connectivity index (χ3v) is 5.81. The van der Waals surface area contributed by atoms with Crippen molar-refractivity contribution < 1.29 is 19.2 Å². The molecule has 9 heteroatoms. The summed E-state index contributed by atoms with van der Waals surface area (Å²) in [6.07, 6.45) is -0.535. The number of hydrogen-bond acceptors (Lipinski definition) is 6. The topological polar surface area (TPSA) is 114 Å². The molecule has 0 spiro atoms. The van der Waals surface area contributed by atoms with Crippen LogP contribution in [0, 0.1) is 17.0 Å². The normalized spacial score (nSPS) is 14.7. The number of hydrogen-bond donors (Lipinski definition) is 2. The predicted molar refractivity (Wildman–Crippen MR) is 127 cm³/mol. The third kappa shape index (κ3) is 4.27. The Hall–Kier alpha value is -4.40. The number of carbonyl (C=O) groups excluding carboxylic acids is 2. The van der Waals surface area contributed by atoms with Crippen molar-refractivity contribution in [3.63, 3.8) is 0 Å². The number of methoxy groups -OCH3 is 1. The number of nitrogens with one attached hydrogen (secondary N) is 2. The average molecular weight is 460 g/mol. The van der Waals surface area contributed by atoms with Gasteiger partial charge in [-0.2, -0.15) is 0 Å². The van der Waals surface area contributed by atoms with Gasteiger partial charge in [0.2, 0.25) is 0 Å². The van der Waals surface area contributed by atoms with E-state index < -0.39 is 11.1 Å². The van der Waals surface area contributed by atoms with Crippen molar-refractivity contribution in [3.05, 3.63) is 98.6 Å². The van der Waals surface area contributed by atoms with Crippen LogP contribution in [0.3, 0.4) is 0 Å². The van der Waals surface area contributed by atoms with Gasteiger partial charge in [-0.25, -0.2) is 0 Å². The van der Waals surface area contributed by atoms with Gasteiger partial charge in [-0.05, 0) is 42.3 Å². The van der Waals surface area contributed by atoms with Crippen LogP contribution in [0.15, 0.2) is 60.7 Å². The number of anilines is 1. The largest absolute Gasteiger partial charge is 0.495 e. The zero-order chi connectivity index (χ0) is 24.4. The monoisotopic (exact) mass is 460 g/mol. The van der Waals surface area contributed by atoms with Crippen LogP contribution in [-0.2, 0) is 6.54 Å². The van der Waals surface area contributed by atoms with Gasteiger partial charge < -0.3 is 20.3 Å². The maximum atomic E-state index is 13.3. The standard InChI is InChI=1S/C25H24N4O5/c1-15-4-6-16(7-5-15)14-26-24(30)19-12-13-20-21(22(19)34-3)25(31)28(2)23(27-20)17-8-10-18(11-9-17)29(32)33/h4-13,23,27H,14H2,1-3H3,(H,26,30). The zero-order valence-electron chi connectivity index (χ0n) is 19.0. The first kappa shape index (κ1) is 22.8. The number of benzene rings is 3. The lowest BCUT2D eigenvalue weighted by Crippen LogP contribution is -2.40. The van der Waals surface area contributed by atoms with Gasteiger partial charge in [0, 0.05) is 25.7 Å². The summed E-state index contributed by atoms with van der Waals surface area (Å²) in [5.74, 6) is -0.499. The maximum absolute atomic E-state index is 13.3. The van der Waals surface area contributed by atoms with Crippen molar-refractivity contribution in [2.45, 2.75) is 19.6 Å². The van der Waals surface area contributed by atoms with Crippen molar-refractivity contribution in [1.82, 2.24) is 10.2 Å². The number of nitrogens with zero attached hydrogens (tertiary/aromatic N) is 2. The van der Waals surface area contributed by atoms with Crippen LogP contribution in [-0.4, -0.2) is 35.8 Å². The molecule has 0 saturated carbocycles. The SMILES string of the molecule is COc1c(C(=O)NCc2ccc(C)cc2)ccc2c1C(=O)N(C)C(c1ccc([N+](=O)[O-])cc1)N2. The Morgan fingerprint density at radius 3 is 2.41 bits per heavy atom. The number of aryl methyl sites for hydroxylation is 1. The molecule has 0 saturated heterocycles. The van der Waals surface area contributed by atoms with Crippen LogP contribution >= 0.6 is 0 Å². The van der Waals surface area contributed by atoms with Crippen molar-refractivity contribution in [3.8, 4) is 5.75 Å². The molecule has 0 radical (unpaired) electrons. The molecule has 0 aromatic heterocycles. The minimum atomic E-state index is -0.535. The maximum Gasteiger partial charge on any atom is 0.269 e. The van der Waals surface area contributed by atoms with Gasteiger partial charge in [0.1, 0.15) is 17.5 Å². The smallest absolute Gasteiger partial charge is 0.269 e. The Balaban J connectivity index is 1.60. The fourth-order valence-corrected chi connectivity index (χ4v) is 3.91. The first-order chi connectivity index (χ1) is 16.3.